The van der Waals surface area contributed by atoms with Crippen molar-refractivity contribution in [1.82, 2.24) is 0 Å². The second-order valence-corrected chi connectivity index (χ2v) is 15.5. The molecule has 0 N–H and O–H groups in total. The van der Waals surface area contributed by atoms with Crippen molar-refractivity contribution < 1.29 is 4.42 Å². The van der Waals surface area contributed by atoms with Gasteiger partial charge >= 0.3 is 0 Å². The molecule has 1 aliphatic heterocycles. The lowest BCUT2D eigenvalue weighted by Gasteiger charge is -2.27. The first kappa shape index (κ1) is 31.9. The molecule has 0 spiro atoms. The van der Waals surface area contributed by atoms with Crippen molar-refractivity contribution in [1.29, 1.82) is 0 Å². The minimum atomic E-state index is 0.428. The summed E-state index contributed by atoms with van der Waals surface area (Å²) < 4.78 is 6.23. The Balaban J connectivity index is 1.00. The van der Waals surface area contributed by atoms with Crippen LogP contribution < -0.4 is 4.90 Å². The fourth-order valence-corrected chi connectivity index (χ4v) is 9.90. The monoisotopic (exact) mass is 721 g/mol. The van der Waals surface area contributed by atoms with E-state index in [0.717, 1.165) is 40.0 Å². The predicted molar refractivity (Wildman–Crippen MR) is 232 cm³/mol. The first-order chi connectivity index (χ1) is 27.2. The standard InChI is InChI=1S/C52H35NOS/c1-2-10-34(11-3-1)35-22-27-40(28-23-35)53(42-13-8-12-39(32-42)43-16-9-17-45-44-14-5-7-19-50(44)55-52(43)45)41-29-24-36(25-30-41)38-21-20-37-26-31-49-51(47(37)33-38)46-15-4-6-18-48(46)54-49/h1-16,18-33,45H,17H2. The Labute approximate surface area is 324 Å². The van der Waals surface area contributed by atoms with Gasteiger partial charge in [0.1, 0.15) is 11.2 Å². The van der Waals surface area contributed by atoms with Crippen molar-refractivity contribution in [3.8, 4) is 22.3 Å². The molecule has 2 aliphatic rings. The normalized spacial score (nSPS) is 14.8. The molecule has 0 saturated heterocycles. The zero-order valence-corrected chi connectivity index (χ0v) is 30.8. The predicted octanol–water partition coefficient (Wildman–Crippen LogP) is 15.1. The lowest BCUT2D eigenvalue weighted by Crippen LogP contribution is -2.10. The highest BCUT2D eigenvalue weighted by Gasteiger charge is 2.31. The third kappa shape index (κ3) is 5.50. The van der Waals surface area contributed by atoms with E-state index in [4.69, 9.17) is 4.42 Å². The van der Waals surface area contributed by atoms with Crippen LogP contribution in [0.4, 0.5) is 17.1 Å². The van der Waals surface area contributed by atoms with Crippen molar-refractivity contribution in [2.45, 2.75) is 17.2 Å². The SMILES string of the molecule is C1=CC(c2cccc(N(c3ccc(-c4ccccc4)cc3)c3ccc(-c4ccc5ccc6oc7ccccc7c6c5c4)cc3)c2)=C2Sc3ccccc3C2C1. The first-order valence-electron chi connectivity index (χ1n) is 18.9. The Morgan fingerprint density at radius 2 is 1.16 bits per heavy atom. The minimum Gasteiger partial charge on any atom is -0.456 e. The van der Waals surface area contributed by atoms with E-state index < -0.39 is 0 Å². The molecule has 1 aromatic heterocycles. The highest BCUT2D eigenvalue weighted by Crippen LogP contribution is 2.55. The van der Waals surface area contributed by atoms with Gasteiger partial charge in [0, 0.05) is 43.6 Å². The van der Waals surface area contributed by atoms with Gasteiger partial charge in [0.05, 0.1) is 0 Å². The first-order valence-corrected chi connectivity index (χ1v) is 19.7. The number of nitrogens with zero attached hydrogens (tertiary/aromatic N) is 1. The summed E-state index contributed by atoms with van der Waals surface area (Å²) in [6.07, 6.45) is 5.74. The fourth-order valence-electron chi connectivity index (χ4n) is 8.53. The molecular formula is C52H35NOS. The molecule has 1 unspecified atom stereocenters. The summed E-state index contributed by atoms with van der Waals surface area (Å²) in [6.45, 7) is 0. The van der Waals surface area contributed by atoms with Crippen molar-refractivity contribution in [3.63, 3.8) is 0 Å². The van der Waals surface area contributed by atoms with E-state index in [1.807, 2.05) is 23.9 Å². The van der Waals surface area contributed by atoms with Gasteiger partial charge in [-0.05, 0) is 117 Å². The zero-order chi connectivity index (χ0) is 36.3. The number of hydrogen-bond acceptors (Lipinski definition) is 3. The lowest BCUT2D eigenvalue weighted by atomic mass is 9.87. The Hall–Kier alpha value is -6.55. The van der Waals surface area contributed by atoms with Gasteiger partial charge in [0.15, 0.2) is 0 Å². The van der Waals surface area contributed by atoms with Crippen LogP contribution in [0, 0.1) is 0 Å². The van der Waals surface area contributed by atoms with Crippen LogP contribution in [-0.2, 0) is 0 Å². The molecule has 0 radical (unpaired) electrons. The number of para-hydroxylation sites is 1. The number of rotatable bonds is 6. The third-order valence-electron chi connectivity index (χ3n) is 11.2. The van der Waals surface area contributed by atoms with E-state index in [-0.39, 0.29) is 0 Å². The van der Waals surface area contributed by atoms with Gasteiger partial charge in [-0.25, -0.2) is 0 Å². The second-order valence-electron chi connectivity index (χ2n) is 14.4. The molecule has 55 heavy (non-hydrogen) atoms. The number of benzene rings is 8. The van der Waals surface area contributed by atoms with Gasteiger partial charge in [-0.3, -0.25) is 0 Å². The second kappa shape index (κ2) is 13.1. The van der Waals surface area contributed by atoms with Crippen molar-refractivity contribution in [2.75, 3.05) is 4.90 Å². The molecule has 11 rings (SSSR count). The van der Waals surface area contributed by atoms with Crippen LogP contribution in [0.25, 0.3) is 60.5 Å². The molecule has 0 fully saturated rings. The Kier molecular flexibility index (Phi) is 7.60. The maximum absolute atomic E-state index is 6.23. The van der Waals surface area contributed by atoms with Gasteiger partial charge in [0.2, 0.25) is 0 Å². The molecule has 260 valence electrons. The topological polar surface area (TPSA) is 16.4 Å². The molecule has 0 amide bonds. The van der Waals surface area contributed by atoms with Crippen LogP contribution in [0.1, 0.15) is 23.5 Å². The van der Waals surface area contributed by atoms with E-state index in [2.05, 4.69) is 187 Å². The van der Waals surface area contributed by atoms with Crippen LogP contribution in [0.2, 0.25) is 0 Å². The smallest absolute Gasteiger partial charge is 0.136 e. The van der Waals surface area contributed by atoms with Crippen molar-refractivity contribution in [2.24, 2.45) is 0 Å². The average molecular weight is 722 g/mol. The van der Waals surface area contributed by atoms with E-state index in [1.54, 1.807) is 0 Å². The number of hydrogen-bond donors (Lipinski definition) is 0. The number of fused-ring (bicyclic) bond motifs is 8. The molecular weight excluding hydrogens is 687 g/mol. The van der Waals surface area contributed by atoms with Crippen LogP contribution >= 0.6 is 11.8 Å². The maximum atomic E-state index is 6.23. The third-order valence-corrected chi connectivity index (χ3v) is 12.5. The highest BCUT2D eigenvalue weighted by atomic mass is 32.2. The van der Waals surface area contributed by atoms with Crippen LogP contribution in [0.15, 0.2) is 208 Å². The van der Waals surface area contributed by atoms with Gasteiger partial charge in [-0.2, -0.15) is 0 Å². The molecule has 2 heterocycles. The van der Waals surface area contributed by atoms with E-state index in [9.17, 15) is 0 Å². The summed E-state index contributed by atoms with van der Waals surface area (Å²) in [5, 5.41) is 4.74. The number of thioether (sulfide) groups is 1. The zero-order valence-electron chi connectivity index (χ0n) is 30.0. The minimum absolute atomic E-state index is 0.428. The van der Waals surface area contributed by atoms with Crippen molar-refractivity contribution >= 4 is 67.1 Å². The largest absolute Gasteiger partial charge is 0.456 e. The van der Waals surface area contributed by atoms with Crippen molar-refractivity contribution in [3.05, 3.63) is 210 Å². The summed E-state index contributed by atoms with van der Waals surface area (Å²) in [5.41, 5.74) is 14.0. The van der Waals surface area contributed by atoms with Crippen LogP contribution in [0.3, 0.4) is 0 Å². The highest BCUT2D eigenvalue weighted by molar-refractivity contribution is 8.03. The average Bonchev–Trinajstić information content (AvgIpc) is 3.84. The van der Waals surface area contributed by atoms with Crippen LogP contribution in [-0.4, -0.2) is 0 Å². The van der Waals surface area contributed by atoms with Gasteiger partial charge in [-0.15, -0.1) is 0 Å². The fraction of sp³-hybridized carbons (Fsp3) is 0.0385. The molecule has 8 aromatic carbocycles. The molecule has 2 nitrogen and oxygen atoms in total. The Morgan fingerprint density at radius 1 is 0.491 bits per heavy atom. The maximum Gasteiger partial charge on any atom is 0.136 e. The van der Waals surface area contributed by atoms with Gasteiger partial charge < -0.3 is 9.32 Å². The Bertz CT molecular complexity index is 2970. The number of allylic oxidation sites excluding steroid dienone is 4. The quantitative estimate of drug-likeness (QED) is 0.170. The summed E-state index contributed by atoms with van der Waals surface area (Å²) in [7, 11) is 0. The van der Waals surface area contributed by atoms with E-state index >= 15 is 0 Å². The molecule has 0 saturated carbocycles. The number of furan rings is 1. The summed E-state index contributed by atoms with van der Waals surface area (Å²) in [6, 6.07) is 65.9. The van der Waals surface area contributed by atoms with E-state index in [1.165, 1.54) is 64.9 Å². The Morgan fingerprint density at radius 3 is 2.00 bits per heavy atom. The van der Waals surface area contributed by atoms with Gasteiger partial charge in [0.25, 0.3) is 0 Å². The number of anilines is 3. The molecule has 1 aliphatic carbocycles. The van der Waals surface area contributed by atoms with E-state index in [0.29, 0.717) is 5.92 Å². The van der Waals surface area contributed by atoms with Crippen LogP contribution in [0.5, 0.6) is 0 Å². The summed E-state index contributed by atoms with van der Waals surface area (Å²) in [4.78, 5) is 5.23. The lowest BCUT2D eigenvalue weighted by molar-refractivity contribution is 0.669. The molecule has 0 bridgehead atoms. The summed E-state index contributed by atoms with van der Waals surface area (Å²) >= 11 is 1.94. The van der Waals surface area contributed by atoms with Gasteiger partial charge in [-0.1, -0.05) is 145 Å². The molecule has 3 heteroatoms. The molecule has 1 atom stereocenters. The molecule has 9 aromatic rings. The summed E-state index contributed by atoms with van der Waals surface area (Å²) in [5.74, 6) is 0.428.